The first-order chi connectivity index (χ1) is 13.4. The Morgan fingerprint density at radius 3 is 2.61 bits per heavy atom. The van der Waals surface area contributed by atoms with Gasteiger partial charge < -0.3 is 14.4 Å². The van der Waals surface area contributed by atoms with Crippen molar-refractivity contribution < 1.29 is 14.2 Å². The number of aryl methyl sites for hydroxylation is 1. The topological polar surface area (TPSA) is 54.7 Å². The van der Waals surface area contributed by atoms with Crippen LogP contribution in [0.15, 0.2) is 35.1 Å². The van der Waals surface area contributed by atoms with Gasteiger partial charge in [0.2, 0.25) is 0 Å². The molecule has 1 unspecified atom stereocenters. The molecule has 0 aliphatic carbocycles. The molecule has 1 aliphatic heterocycles. The van der Waals surface area contributed by atoms with Gasteiger partial charge in [0.15, 0.2) is 0 Å². The Morgan fingerprint density at radius 2 is 1.96 bits per heavy atom. The van der Waals surface area contributed by atoms with E-state index in [-0.39, 0.29) is 22.7 Å². The van der Waals surface area contributed by atoms with Crippen molar-refractivity contribution in [2.24, 2.45) is 5.92 Å². The van der Waals surface area contributed by atoms with Crippen LogP contribution in [0.5, 0.6) is 5.75 Å². The lowest BCUT2D eigenvalue weighted by Crippen LogP contribution is -2.40. The lowest BCUT2D eigenvalue weighted by atomic mass is 9.91. The van der Waals surface area contributed by atoms with Gasteiger partial charge in [0.25, 0.3) is 5.56 Å². The fourth-order valence-corrected chi connectivity index (χ4v) is 4.00. The van der Waals surface area contributed by atoms with Crippen LogP contribution in [0.1, 0.15) is 42.6 Å². The van der Waals surface area contributed by atoms with E-state index in [1.807, 2.05) is 0 Å². The second kappa shape index (κ2) is 8.88. The zero-order valence-electron chi connectivity index (χ0n) is 16.8. The van der Waals surface area contributed by atoms with Gasteiger partial charge >= 0.3 is 0 Å². The number of aromatic hydroxyl groups is 1. The molecule has 2 heterocycles. The summed E-state index contributed by atoms with van der Waals surface area (Å²) >= 11 is 0. The number of hydrogen-bond donors (Lipinski definition) is 1. The minimum absolute atomic E-state index is 0.0805. The molecule has 0 radical (unpaired) electrons. The van der Waals surface area contributed by atoms with E-state index in [2.05, 4.69) is 11.8 Å². The van der Waals surface area contributed by atoms with Crippen LogP contribution in [-0.2, 0) is 11.3 Å². The van der Waals surface area contributed by atoms with E-state index >= 15 is 0 Å². The van der Waals surface area contributed by atoms with Gasteiger partial charge in [-0.05, 0) is 50.9 Å². The van der Waals surface area contributed by atoms with Gasteiger partial charge in [0.05, 0.1) is 18.2 Å². The molecule has 2 aromatic rings. The Hall–Kier alpha value is -2.18. The molecule has 6 heteroatoms. The van der Waals surface area contributed by atoms with E-state index in [4.69, 9.17) is 4.74 Å². The molecule has 1 fully saturated rings. The van der Waals surface area contributed by atoms with E-state index in [9.17, 15) is 14.3 Å². The second-order valence-corrected chi connectivity index (χ2v) is 7.68. The van der Waals surface area contributed by atoms with Crippen LogP contribution >= 0.6 is 0 Å². The van der Waals surface area contributed by atoms with Gasteiger partial charge in [-0.15, -0.1) is 0 Å². The molecule has 28 heavy (non-hydrogen) atoms. The van der Waals surface area contributed by atoms with Gasteiger partial charge in [0, 0.05) is 24.9 Å². The molecule has 1 aliphatic rings. The number of pyridine rings is 1. The van der Waals surface area contributed by atoms with Crippen molar-refractivity contribution in [1.82, 2.24) is 9.47 Å². The fraction of sp³-hybridized carbons (Fsp3) is 0.500. The highest BCUT2D eigenvalue weighted by Gasteiger charge is 2.32. The largest absolute Gasteiger partial charge is 0.507 e. The molecule has 1 aromatic carbocycles. The summed E-state index contributed by atoms with van der Waals surface area (Å²) in [5.41, 5.74) is 1.03. The number of ether oxygens (including phenoxy) is 1. The maximum atomic E-state index is 14.8. The summed E-state index contributed by atoms with van der Waals surface area (Å²) in [5, 5.41) is 10.7. The minimum Gasteiger partial charge on any atom is -0.507 e. The normalized spacial score (nSPS) is 17.0. The highest BCUT2D eigenvalue weighted by Crippen LogP contribution is 2.36. The van der Waals surface area contributed by atoms with Crippen molar-refractivity contribution in [2.45, 2.75) is 39.3 Å². The maximum absolute atomic E-state index is 14.8. The predicted octanol–water partition coefficient (Wildman–Crippen LogP) is 3.47. The monoisotopic (exact) mass is 388 g/mol. The fourth-order valence-electron chi connectivity index (χ4n) is 4.00. The van der Waals surface area contributed by atoms with Crippen molar-refractivity contribution in [3.8, 4) is 5.75 Å². The van der Waals surface area contributed by atoms with Crippen LogP contribution in [-0.4, -0.2) is 41.4 Å². The minimum atomic E-state index is -0.615. The van der Waals surface area contributed by atoms with Gasteiger partial charge in [-0.3, -0.25) is 9.69 Å². The SMILES string of the molecule is COCCn1c(C)cc(O)c(C(c2ccccc2F)N2CCC(C)CC2)c1=O. The number of nitrogens with zero attached hydrogens (tertiary/aromatic N) is 2. The molecule has 1 atom stereocenters. The summed E-state index contributed by atoms with van der Waals surface area (Å²) in [6, 6.07) is 7.50. The Balaban J connectivity index is 2.15. The molecule has 3 rings (SSSR count). The van der Waals surface area contributed by atoms with E-state index in [0.717, 1.165) is 25.9 Å². The number of likely N-dealkylation sites (tertiary alicyclic amines) is 1. The molecule has 1 N–H and O–H groups in total. The standard InChI is InChI=1S/C22H29FN2O3/c1-15-8-10-24(11-9-15)21(17-6-4-5-7-18(17)23)20-19(26)14-16(2)25(22(20)27)12-13-28-3/h4-7,14-15,21,26H,8-13H2,1-3H3. The number of hydrogen-bond acceptors (Lipinski definition) is 4. The van der Waals surface area contributed by atoms with Crippen molar-refractivity contribution in [3.63, 3.8) is 0 Å². The van der Waals surface area contributed by atoms with Crippen LogP contribution < -0.4 is 5.56 Å². The summed E-state index contributed by atoms with van der Waals surface area (Å²) in [5.74, 6) is 0.152. The molecule has 0 saturated carbocycles. The third kappa shape index (κ3) is 4.13. The summed E-state index contributed by atoms with van der Waals surface area (Å²) in [6.45, 7) is 6.26. The van der Waals surface area contributed by atoms with Crippen LogP contribution in [0.3, 0.4) is 0 Å². The first-order valence-electron chi connectivity index (χ1n) is 9.84. The van der Waals surface area contributed by atoms with E-state index in [1.165, 1.54) is 6.07 Å². The second-order valence-electron chi connectivity index (χ2n) is 7.68. The summed E-state index contributed by atoms with van der Waals surface area (Å²) in [6.07, 6.45) is 1.96. The average molecular weight is 388 g/mol. The molecule has 1 aromatic heterocycles. The highest BCUT2D eigenvalue weighted by atomic mass is 19.1. The van der Waals surface area contributed by atoms with Gasteiger partial charge in [-0.1, -0.05) is 25.1 Å². The van der Waals surface area contributed by atoms with Gasteiger partial charge in [-0.2, -0.15) is 0 Å². The van der Waals surface area contributed by atoms with Gasteiger partial charge in [-0.25, -0.2) is 4.39 Å². The summed E-state index contributed by atoms with van der Waals surface area (Å²) < 4.78 is 21.5. The molecule has 0 spiro atoms. The van der Waals surface area contributed by atoms with E-state index in [0.29, 0.717) is 30.3 Å². The van der Waals surface area contributed by atoms with Crippen molar-refractivity contribution in [2.75, 3.05) is 26.8 Å². The van der Waals surface area contributed by atoms with Crippen LogP contribution in [0.25, 0.3) is 0 Å². The summed E-state index contributed by atoms with van der Waals surface area (Å²) in [4.78, 5) is 15.5. The summed E-state index contributed by atoms with van der Waals surface area (Å²) in [7, 11) is 1.58. The van der Waals surface area contributed by atoms with E-state index < -0.39 is 6.04 Å². The molecule has 1 saturated heterocycles. The van der Waals surface area contributed by atoms with E-state index in [1.54, 1.807) is 42.9 Å². The van der Waals surface area contributed by atoms with Crippen molar-refractivity contribution in [3.05, 3.63) is 63.3 Å². The Bertz CT molecular complexity index is 873. The number of aromatic nitrogens is 1. The lowest BCUT2D eigenvalue weighted by molar-refractivity contribution is 0.152. The van der Waals surface area contributed by atoms with Gasteiger partial charge in [0.1, 0.15) is 11.6 Å². The molecule has 152 valence electrons. The molecule has 0 bridgehead atoms. The lowest BCUT2D eigenvalue weighted by Gasteiger charge is -2.37. The molecule has 0 amide bonds. The van der Waals surface area contributed by atoms with Crippen LogP contribution in [0, 0.1) is 18.7 Å². The number of rotatable bonds is 6. The third-order valence-electron chi connectivity index (χ3n) is 5.70. The Kier molecular flexibility index (Phi) is 6.52. The quantitative estimate of drug-likeness (QED) is 0.823. The third-order valence-corrected chi connectivity index (χ3v) is 5.70. The van der Waals surface area contributed by atoms with Crippen LogP contribution in [0.4, 0.5) is 4.39 Å². The Morgan fingerprint density at radius 1 is 1.29 bits per heavy atom. The van der Waals surface area contributed by atoms with Crippen molar-refractivity contribution >= 4 is 0 Å². The average Bonchev–Trinajstić information content (AvgIpc) is 2.67. The molecular weight excluding hydrogens is 359 g/mol. The highest BCUT2D eigenvalue weighted by molar-refractivity contribution is 5.41. The first kappa shape index (κ1) is 20.6. The Labute approximate surface area is 165 Å². The number of methoxy groups -OCH3 is 1. The number of benzene rings is 1. The zero-order chi connectivity index (χ0) is 20.3. The van der Waals surface area contributed by atoms with Crippen molar-refractivity contribution in [1.29, 1.82) is 0 Å². The molecule has 5 nitrogen and oxygen atoms in total. The smallest absolute Gasteiger partial charge is 0.259 e. The number of piperidine rings is 1. The maximum Gasteiger partial charge on any atom is 0.259 e. The number of halogens is 1. The predicted molar refractivity (Wildman–Crippen MR) is 107 cm³/mol. The first-order valence-corrected chi connectivity index (χ1v) is 9.84. The zero-order valence-corrected chi connectivity index (χ0v) is 16.8. The van der Waals surface area contributed by atoms with Crippen LogP contribution in [0.2, 0.25) is 0 Å². The molecular formula is C22H29FN2O3.